The molecule has 116 valence electrons. The van der Waals surface area contributed by atoms with E-state index in [4.69, 9.17) is 5.73 Å². The Kier molecular flexibility index (Phi) is 4.42. The van der Waals surface area contributed by atoms with Gasteiger partial charge in [0.1, 0.15) is 0 Å². The van der Waals surface area contributed by atoms with Crippen LogP contribution in [0.3, 0.4) is 0 Å². The van der Waals surface area contributed by atoms with E-state index in [1.165, 1.54) is 12.8 Å². The van der Waals surface area contributed by atoms with E-state index in [2.05, 4.69) is 4.31 Å². The van der Waals surface area contributed by atoms with Crippen molar-refractivity contribution >= 4 is 27.5 Å². The summed E-state index contributed by atoms with van der Waals surface area (Å²) < 4.78 is 27.6. The maximum Gasteiger partial charge on any atom is 0.206 e. The molecule has 0 radical (unpaired) electrons. The van der Waals surface area contributed by atoms with Crippen molar-refractivity contribution in [3.63, 3.8) is 0 Å². The number of hydrogen-bond donors (Lipinski definition) is 1. The highest BCUT2D eigenvalue weighted by Gasteiger charge is 2.19. The van der Waals surface area contributed by atoms with Crippen molar-refractivity contribution in [2.24, 2.45) is 0 Å². The molecule has 2 N–H and O–H groups in total. The molecule has 0 atom stereocenters. The first-order valence-corrected chi connectivity index (χ1v) is 9.45. The van der Waals surface area contributed by atoms with Crippen molar-refractivity contribution in [3.05, 3.63) is 48.5 Å². The van der Waals surface area contributed by atoms with E-state index in [1.807, 2.05) is 6.07 Å². The molecule has 1 aliphatic rings. The Labute approximate surface area is 135 Å². The van der Waals surface area contributed by atoms with E-state index in [1.54, 1.807) is 54.4 Å². The van der Waals surface area contributed by atoms with Crippen LogP contribution < -0.4 is 5.73 Å². The number of nitrogens with zero attached hydrogens (tertiary/aromatic N) is 1. The van der Waals surface area contributed by atoms with Crippen LogP contribution in [0.2, 0.25) is 0 Å². The van der Waals surface area contributed by atoms with Gasteiger partial charge in [-0.05, 0) is 67.3 Å². The van der Waals surface area contributed by atoms with Crippen LogP contribution >= 0.6 is 11.9 Å². The summed E-state index contributed by atoms with van der Waals surface area (Å²) >= 11 is 1.63. The summed E-state index contributed by atoms with van der Waals surface area (Å²) in [5, 5.41) is 0. The Morgan fingerprint density at radius 3 is 2.32 bits per heavy atom. The number of anilines is 1. The molecule has 2 aromatic carbocycles. The summed E-state index contributed by atoms with van der Waals surface area (Å²) in [7, 11) is -3.50. The van der Waals surface area contributed by atoms with Crippen LogP contribution in [-0.2, 0) is 9.84 Å². The van der Waals surface area contributed by atoms with Gasteiger partial charge in [0, 0.05) is 23.7 Å². The van der Waals surface area contributed by atoms with Crippen molar-refractivity contribution in [1.29, 1.82) is 0 Å². The molecular formula is C16H18N2O2S2. The monoisotopic (exact) mass is 334 g/mol. The van der Waals surface area contributed by atoms with Crippen LogP contribution in [0.1, 0.15) is 12.8 Å². The molecule has 0 amide bonds. The van der Waals surface area contributed by atoms with E-state index < -0.39 is 9.84 Å². The van der Waals surface area contributed by atoms with Gasteiger partial charge in [-0.15, -0.1) is 0 Å². The number of sulfone groups is 1. The van der Waals surface area contributed by atoms with Crippen LogP contribution in [0.25, 0.3) is 0 Å². The molecule has 0 saturated carbocycles. The van der Waals surface area contributed by atoms with Crippen LogP contribution in [-0.4, -0.2) is 25.8 Å². The molecule has 1 fully saturated rings. The summed E-state index contributed by atoms with van der Waals surface area (Å²) in [5.74, 6) is 0. The maximum atomic E-state index is 12.7. The number of hydrogen-bond acceptors (Lipinski definition) is 5. The van der Waals surface area contributed by atoms with Gasteiger partial charge in [-0.1, -0.05) is 6.07 Å². The lowest BCUT2D eigenvalue weighted by Gasteiger charge is -2.14. The van der Waals surface area contributed by atoms with Gasteiger partial charge in [0.15, 0.2) is 0 Å². The highest BCUT2D eigenvalue weighted by Crippen LogP contribution is 2.30. The van der Waals surface area contributed by atoms with E-state index in [0.29, 0.717) is 10.6 Å². The van der Waals surface area contributed by atoms with Crippen LogP contribution in [0.5, 0.6) is 0 Å². The highest BCUT2D eigenvalue weighted by molar-refractivity contribution is 7.97. The summed E-state index contributed by atoms with van der Waals surface area (Å²) in [6.45, 7) is 2.11. The summed E-state index contributed by atoms with van der Waals surface area (Å²) in [6.07, 6.45) is 2.41. The highest BCUT2D eigenvalue weighted by atomic mass is 32.2. The van der Waals surface area contributed by atoms with Gasteiger partial charge in [-0.25, -0.2) is 12.7 Å². The van der Waals surface area contributed by atoms with Crippen molar-refractivity contribution in [1.82, 2.24) is 4.31 Å². The zero-order chi connectivity index (χ0) is 15.6. The average Bonchev–Trinajstić information content (AvgIpc) is 3.01. The van der Waals surface area contributed by atoms with E-state index in [-0.39, 0.29) is 4.90 Å². The SMILES string of the molecule is Nc1ccc(S(=O)(=O)c2cccc(SN3CCCC3)c2)cc1. The summed E-state index contributed by atoms with van der Waals surface area (Å²) in [6, 6.07) is 13.4. The third-order valence-electron chi connectivity index (χ3n) is 3.61. The van der Waals surface area contributed by atoms with Crippen LogP contribution in [0.15, 0.2) is 63.2 Å². The van der Waals surface area contributed by atoms with Gasteiger partial charge in [-0.3, -0.25) is 0 Å². The predicted octanol–water partition coefficient (Wildman–Crippen LogP) is 3.20. The lowest BCUT2D eigenvalue weighted by Crippen LogP contribution is -2.09. The number of benzene rings is 2. The quantitative estimate of drug-likeness (QED) is 0.687. The average molecular weight is 334 g/mol. The minimum atomic E-state index is -3.50. The topological polar surface area (TPSA) is 63.4 Å². The zero-order valence-corrected chi connectivity index (χ0v) is 13.7. The molecule has 2 aromatic rings. The maximum absolute atomic E-state index is 12.7. The van der Waals surface area contributed by atoms with E-state index in [0.717, 1.165) is 18.0 Å². The van der Waals surface area contributed by atoms with Gasteiger partial charge in [-0.2, -0.15) is 0 Å². The third kappa shape index (κ3) is 3.29. The Balaban J connectivity index is 1.88. The Bertz CT molecular complexity index is 752. The molecule has 1 saturated heterocycles. The summed E-state index contributed by atoms with van der Waals surface area (Å²) in [4.78, 5) is 1.55. The Morgan fingerprint density at radius 2 is 1.64 bits per heavy atom. The first kappa shape index (κ1) is 15.4. The molecule has 4 nitrogen and oxygen atoms in total. The largest absolute Gasteiger partial charge is 0.399 e. The van der Waals surface area contributed by atoms with Crippen LogP contribution in [0.4, 0.5) is 5.69 Å². The second-order valence-electron chi connectivity index (χ2n) is 5.27. The molecule has 6 heteroatoms. The third-order valence-corrected chi connectivity index (χ3v) is 6.46. The molecular weight excluding hydrogens is 316 g/mol. The molecule has 3 rings (SSSR count). The van der Waals surface area contributed by atoms with Gasteiger partial charge < -0.3 is 5.73 Å². The predicted molar refractivity (Wildman–Crippen MR) is 89.4 cm³/mol. The second kappa shape index (κ2) is 6.32. The molecule has 0 aromatic heterocycles. The lowest BCUT2D eigenvalue weighted by atomic mass is 10.3. The van der Waals surface area contributed by atoms with E-state index >= 15 is 0 Å². The second-order valence-corrected chi connectivity index (χ2v) is 8.39. The first-order valence-electron chi connectivity index (χ1n) is 7.19. The van der Waals surface area contributed by atoms with Gasteiger partial charge >= 0.3 is 0 Å². The number of rotatable bonds is 4. The molecule has 1 aliphatic heterocycles. The minimum Gasteiger partial charge on any atom is -0.399 e. The van der Waals surface area contributed by atoms with Crippen molar-refractivity contribution in [3.8, 4) is 0 Å². The normalized spacial score (nSPS) is 16.0. The zero-order valence-electron chi connectivity index (χ0n) is 12.1. The summed E-state index contributed by atoms with van der Waals surface area (Å²) in [5.41, 5.74) is 6.17. The Hall–Kier alpha value is -1.50. The smallest absolute Gasteiger partial charge is 0.206 e. The van der Waals surface area contributed by atoms with Crippen molar-refractivity contribution < 1.29 is 8.42 Å². The lowest BCUT2D eigenvalue weighted by molar-refractivity contribution is 0.586. The van der Waals surface area contributed by atoms with E-state index in [9.17, 15) is 8.42 Å². The molecule has 1 heterocycles. The molecule has 0 aliphatic carbocycles. The minimum absolute atomic E-state index is 0.269. The fraction of sp³-hybridized carbons (Fsp3) is 0.250. The molecule has 0 spiro atoms. The van der Waals surface area contributed by atoms with Crippen molar-refractivity contribution in [2.45, 2.75) is 27.5 Å². The van der Waals surface area contributed by atoms with Gasteiger partial charge in [0.2, 0.25) is 9.84 Å². The van der Waals surface area contributed by atoms with Crippen molar-refractivity contribution in [2.75, 3.05) is 18.8 Å². The molecule has 0 bridgehead atoms. The first-order chi connectivity index (χ1) is 10.6. The van der Waals surface area contributed by atoms with Gasteiger partial charge in [0.25, 0.3) is 0 Å². The molecule has 22 heavy (non-hydrogen) atoms. The molecule has 0 unspecified atom stereocenters. The number of nitrogen functional groups attached to an aromatic ring is 1. The standard InChI is InChI=1S/C16H18N2O2S2/c17-13-6-8-15(9-7-13)22(19,20)16-5-3-4-14(12-16)21-18-10-1-2-11-18/h3-9,12H,1-2,10-11,17H2. The van der Waals surface area contributed by atoms with Crippen LogP contribution in [0, 0.1) is 0 Å². The fourth-order valence-corrected chi connectivity index (χ4v) is 4.85. The number of nitrogens with two attached hydrogens (primary N) is 1. The Morgan fingerprint density at radius 1 is 0.955 bits per heavy atom. The van der Waals surface area contributed by atoms with Gasteiger partial charge in [0.05, 0.1) is 9.79 Å². The fourth-order valence-electron chi connectivity index (χ4n) is 2.41.